The molecule has 1 fully saturated rings. The van der Waals surface area contributed by atoms with E-state index in [0.29, 0.717) is 12.6 Å². The van der Waals surface area contributed by atoms with E-state index in [0.717, 1.165) is 49.5 Å². The standard InChI is InChI=1S/C19H34N6O/c1-20-19(21-12-6-5-9-15-7-3-4-8-15)22-16-10-11-18-23-17(14-26-2)24-25(18)13-16/h15-16H,3-14H2,1-2H3,(H2,20,21,22). The molecule has 1 aromatic heterocycles. The Balaban J connectivity index is 1.36. The van der Waals surface area contributed by atoms with Crippen LogP contribution in [0.15, 0.2) is 4.99 Å². The summed E-state index contributed by atoms with van der Waals surface area (Å²) in [4.78, 5) is 8.91. The van der Waals surface area contributed by atoms with Crippen molar-refractivity contribution in [3.05, 3.63) is 11.6 Å². The van der Waals surface area contributed by atoms with Gasteiger partial charge < -0.3 is 15.4 Å². The Kier molecular flexibility index (Phi) is 7.29. The summed E-state index contributed by atoms with van der Waals surface area (Å²) < 4.78 is 7.13. The predicted octanol–water partition coefficient (Wildman–Crippen LogP) is 2.26. The lowest BCUT2D eigenvalue weighted by molar-refractivity contribution is 0.177. The van der Waals surface area contributed by atoms with Crippen molar-refractivity contribution in [3.63, 3.8) is 0 Å². The SMILES string of the molecule is CN=C(NCCCCC1CCCC1)NC1CCc2nc(COC)nn2C1. The number of ether oxygens (including phenoxy) is 1. The van der Waals surface area contributed by atoms with Gasteiger partial charge in [-0.15, -0.1) is 0 Å². The van der Waals surface area contributed by atoms with Gasteiger partial charge in [0.25, 0.3) is 0 Å². The number of rotatable bonds is 8. The highest BCUT2D eigenvalue weighted by atomic mass is 16.5. The van der Waals surface area contributed by atoms with Gasteiger partial charge in [-0.2, -0.15) is 5.10 Å². The van der Waals surface area contributed by atoms with Crippen molar-refractivity contribution in [1.29, 1.82) is 0 Å². The first kappa shape index (κ1) is 19.1. The lowest BCUT2D eigenvalue weighted by Crippen LogP contribution is -2.47. The van der Waals surface area contributed by atoms with Crippen molar-refractivity contribution in [2.45, 2.75) is 77.0 Å². The molecule has 1 unspecified atom stereocenters. The lowest BCUT2D eigenvalue weighted by atomic mass is 10.0. The Hall–Kier alpha value is -1.63. The molecule has 7 nitrogen and oxygen atoms in total. The quantitative estimate of drug-likeness (QED) is 0.421. The molecule has 2 aliphatic rings. The van der Waals surface area contributed by atoms with Crippen LogP contribution in [0.25, 0.3) is 0 Å². The van der Waals surface area contributed by atoms with E-state index >= 15 is 0 Å². The molecule has 1 aliphatic heterocycles. The summed E-state index contributed by atoms with van der Waals surface area (Å²) in [5.74, 6) is 3.73. The monoisotopic (exact) mass is 362 g/mol. The molecule has 0 amide bonds. The fourth-order valence-corrected chi connectivity index (χ4v) is 4.12. The number of unbranched alkanes of at least 4 members (excludes halogenated alkanes) is 1. The van der Waals surface area contributed by atoms with E-state index < -0.39 is 0 Å². The second-order valence-electron chi connectivity index (χ2n) is 7.58. The second kappa shape index (κ2) is 9.90. The molecule has 1 aromatic rings. The molecule has 2 heterocycles. The Morgan fingerprint density at radius 2 is 2.12 bits per heavy atom. The van der Waals surface area contributed by atoms with Gasteiger partial charge in [-0.3, -0.25) is 4.99 Å². The zero-order valence-electron chi connectivity index (χ0n) is 16.3. The van der Waals surface area contributed by atoms with Crippen LogP contribution in [-0.4, -0.2) is 47.5 Å². The molecular formula is C19H34N6O. The van der Waals surface area contributed by atoms with E-state index in [4.69, 9.17) is 4.74 Å². The number of methoxy groups -OCH3 is 1. The molecule has 1 aliphatic carbocycles. The maximum Gasteiger partial charge on any atom is 0.191 e. The summed E-state index contributed by atoms with van der Waals surface area (Å²) in [6.07, 6.45) is 11.7. The molecule has 1 saturated carbocycles. The second-order valence-corrected chi connectivity index (χ2v) is 7.58. The largest absolute Gasteiger partial charge is 0.377 e. The highest BCUT2D eigenvalue weighted by molar-refractivity contribution is 5.79. The van der Waals surface area contributed by atoms with E-state index in [2.05, 4.69) is 25.7 Å². The van der Waals surface area contributed by atoms with Gasteiger partial charge >= 0.3 is 0 Å². The molecule has 1 atom stereocenters. The van der Waals surface area contributed by atoms with Crippen molar-refractivity contribution in [3.8, 4) is 0 Å². The summed E-state index contributed by atoms with van der Waals surface area (Å²) in [5.41, 5.74) is 0. The van der Waals surface area contributed by atoms with Crippen molar-refractivity contribution >= 4 is 5.96 Å². The topological polar surface area (TPSA) is 76.4 Å². The first-order chi connectivity index (χ1) is 12.8. The number of guanidine groups is 1. The summed E-state index contributed by atoms with van der Waals surface area (Å²) >= 11 is 0. The van der Waals surface area contributed by atoms with Gasteiger partial charge in [-0.1, -0.05) is 38.5 Å². The number of fused-ring (bicyclic) bond motifs is 1. The predicted molar refractivity (Wildman–Crippen MR) is 103 cm³/mol. The van der Waals surface area contributed by atoms with Gasteiger partial charge in [0.2, 0.25) is 0 Å². The third-order valence-corrected chi connectivity index (χ3v) is 5.55. The Morgan fingerprint density at radius 3 is 2.88 bits per heavy atom. The van der Waals surface area contributed by atoms with Crippen LogP contribution < -0.4 is 10.6 Å². The van der Waals surface area contributed by atoms with Gasteiger partial charge in [0.15, 0.2) is 11.8 Å². The van der Waals surface area contributed by atoms with Crippen LogP contribution >= 0.6 is 0 Å². The molecular weight excluding hydrogens is 328 g/mol. The summed E-state index contributed by atoms with van der Waals surface area (Å²) in [6.45, 7) is 2.29. The maximum atomic E-state index is 5.13. The molecule has 0 saturated heterocycles. The zero-order chi connectivity index (χ0) is 18.2. The Bertz CT molecular complexity index is 579. The van der Waals surface area contributed by atoms with E-state index in [9.17, 15) is 0 Å². The van der Waals surface area contributed by atoms with Crippen LogP contribution in [0.1, 0.15) is 63.0 Å². The molecule has 7 heteroatoms. The fraction of sp³-hybridized carbons (Fsp3) is 0.842. The molecule has 26 heavy (non-hydrogen) atoms. The number of nitrogens with one attached hydrogen (secondary N) is 2. The molecule has 0 bridgehead atoms. The lowest BCUT2D eigenvalue weighted by Gasteiger charge is -2.25. The van der Waals surface area contributed by atoms with Crippen LogP contribution in [0.3, 0.4) is 0 Å². The minimum atomic E-state index is 0.337. The summed E-state index contributed by atoms with van der Waals surface area (Å²) in [6, 6.07) is 0.337. The highest BCUT2D eigenvalue weighted by Crippen LogP contribution is 2.28. The van der Waals surface area contributed by atoms with E-state index in [1.54, 1.807) is 7.11 Å². The molecule has 0 spiro atoms. The molecule has 0 radical (unpaired) electrons. The normalized spacial score (nSPS) is 21.0. The number of aromatic nitrogens is 3. The van der Waals surface area contributed by atoms with Gasteiger partial charge in [-0.05, 0) is 18.8 Å². The van der Waals surface area contributed by atoms with Crippen molar-refractivity contribution in [2.75, 3.05) is 20.7 Å². The molecule has 2 N–H and O–H groups in total. The smallest absolute Gasteiger partial charge is 0.191 e. The van der Waals surface area contributed by atoms with Gasteiger partial charge in [0, 0.05) is 33.2 Å². The molecule has 146 valence electrons. The number of aryl methyl sites for hydroxylation is 1. The maximum absolute atomic E-state index is 5.13. The van der Waals surface area contributed by atoms with Crippen LogP contribution in [0.4, 0.5) is 0 Å². The Morgan fingerprint density at radius 1 is 1.27 bits per heavy atom. The first-order valence-electron chi connectivity index (χ1n) is 10.2. The zero-order valence-corrected chi connectivity index (χ0v) is 16.3. The fourth-order valence-electron chi connectivity index (χ4n) is 4.12. The van der Waals surface area contributed by atoms with E-state index in [1.165, 1.54) is 44.9 Å². The van der Waals surface area contributed by atoms with E-state index in [1.807, 2.05) is 11.7 Å². The van der Waals surface area contributed by atoms with Gasteiger partial charge in [-0.25, -0.2) is 9.67 Å². The average Bonchev–Trinajstić information content (AvgIpc) is 3.29. The van der Waals surface area contributed by atoms with Crippen LogP contribution in [0.5, 0.6) is 0 Å². The third kappa shape index (κ3) is 5.43. The minimum Gasteiger partial charge on any atom is -0.377 e. The van der Waals surface area contributed by atoms with Crippen LogP contribution in [0, 0.1) is 5.92 Å². The van der Waals surface area contributed by atoms with Gasteiger partial charge in [0.05, 0.1) is 6.54 Å². The van der Waals surface area contributed by atoms with Crippen LogP contribution in [0.2, 0.25) is 0 Å². The number of hydrogen-bond acceptors (Lipinski definition) is 4. The highest BCUT2D eigenvalue weighted by Gasteiger charge is 2.22. The third-order valence-electron chi connectivity index (χ3n) is 5.55. The molecule has 3 rings (SSSR count). The summed E-state index contributed by atoms with van der Waals surface area (Å²) in [7, 11) is 3.52. The van der Waals surface area contributed by atoms with Crippen LogP contribution in [-0.2, 0) is 24.3 Å². The average molecular weight is 363 g/mol. The van der Waals surface area contributed by atoms with Gasteiger partial charge in [0.1, 0.15) is 12.4 Å². The van der Waals surface area contributed by atoms with Crippen molar-refractivity contribution in [1.82, 2.24) is 25.4 Å². The number of nitrogens with zero attached hydrogens (tertiary/aromatic N) is 4. The van der Waals surface area contributed by atoms with Crippen molar-refractivity contribution < 1.29 is 4.74 Å². The van der Waals surface area contributed by atoms with E-state index in [-0.39, 0.29) is 0 Å². The minimum absolute atomic E-state index is 0.337. The first-order valence-corrected chi connectivity index (χ1v) is 10.2. The summed E-state index contributed by atoms with van der Waals surface area (Å²) in [5, 5.41) is 11.5. The Labute approximate surface area is 157 Å². The molecule has 0 aromatic carbocycles. The number of hydrogen-bond donors (Lipinski definition) is 2. The number of aliphatic imine (C=N–C) groups is 1. The van der Waals surface area contributed by atoms with Crippen molar-refractivity contribution in [2.24, 2.45) is 10.9 Å².